The van der Waals surface area contributed by atoms with Crippen molar-refractivity contribution in [2.75, 3.05) is 0 Å². The molecule has 7 nitrogen and oxygen atoms in total. The van der Waals surface area contributed by atoms with Crippen LogP contribution in [-0.2, 0) is 13.6 Å². The SMILES string of the molecule is CC(O)Cn1nc(Br)c2c1c(=O)[nH]c(=O)n2C. The molecule has 2 aromatic rings. The minimum Gasteiger partial charge on any atom is -0.391 e. The predicted octanol–water partition coefficient (Wildman–Crippen LogP) is -0.433. The second-order valence-electron chi connectivity index (χ2n) is 3.84. The van der Waals surface area contributed by atoms with E-state index in [0.29, 0.717) is 10.1 Å². The lowest BCUT2D eigenvalue weighted by molar-refractivity contribution is 0.170. The van der Waals surface area contributed by atoms with E-state index in [-0.39, 0.29) is 12.1 Å². The molecular formula is C9H11BrN4O3. The van der Waals surface area contributed by atoms with Crippen LogP contribution in [-0.4, -0.2) is 30.5 Å². The summed E-state index contributed by atoms with van der Waals surface area (Å²) in [7, 11) is 1.54. The second kappa shape index (κ2) is 4.11. The fraction of sp³-hybridized carbons (Fsp3) is 0.444. The van der Waals surface area contributed by atoms with E-state index in [4.69, 9.17) is 0 Å². The van der Waals surface area contributed by atoms with Gasteiger partial charge in [-0.25, -0.2) is 4.79 Å². The molecule has 0 radical (unpaired) electrons. The molecule has 2 heterocycles. The fourth-order valence-electron chi connectivity index (χ4n) is 1.67. The summed E-state index contributed by atoms with van der Waals surface area (Å²) in [4.78, 5) is 25.4. The molecule has 1 atom stereocenters. The number of H-pyrrole nitrogens is 1. The number of aromatic nitrogens is 4. The standard InChI is InChI=1S/C9H11BrN4O3/c1-4(15)3-14-6-5(7(10)12-14)13(2)9(17)11-8(6)16/h4,15H,3H2,1-2H3,(H,11,16,17). The van der Waals surface area contributed by atoms with Crippen molar-refractivity contribution >= 4 is 27.0 Å². The Morgan fingerprint density at radius 2 is 2.12 bits per heavy atom. The van der Waals surface area contributed by atoms with Gasteiger partial charge in [-0.05, 0) is 22.9 Å². The van der Waals surface area contributed by atoms with E-state index in [9.17, 15) is 14.7 Å². The molecule has 0 fully saturated rings. The van der Waals surface area contributed by atoms with Crippen LogP contribution in [0.4, 0.5) is 0 Å². The number of hydrogen-bond acceptors (Lipinski definition) is 4. The van der Waals surface area contributed by atoms with E-state index in [1.807, 2.05) is 0 Å². The molecule has 8 heteroatoms. The van der Waals surface area contributed by atoms with Crippen LogP contribution >= 0.6 is 15.9 Å². The first-order valence-electron chi connectivity index (χ1n) is 4.95. The molecule has 0 aliphatic rings. The van der Waals surface area contributed by atoms with E-state index in [2.05, 4.69) is 26.0 Å². The maximum Gasteiger partial charge on any atom is 0.328 e. The smallest absolute Gasteiger partial charge is 0.328 e. The quantitative estimate of drug-likeness (QED) is 0.787. The number of aromatic amines is 1. The maximum atomic E-state index is 11.7. The molecule has 2 rings (SSSR count). The predicted molar refractivity (Wildman–Crippen MR) is 65.0 cm³/mol. The largest absolute Gasteiger partial charge is 0.391 e. The molecule has 2 aromatic heterocycles. The van der Waals surface area contributed by atoms with Crippen molar-refractivity contribution in [3.63, 3.8) is 0 Å². The molecule has 0 saturated heterocycles. The topological polar surface area (TPSA) is 92.9 Å². The fourth-order valence-corrected chi connectivity index (χ4v) is 2.31. The van der Waals surface area contributed by atoms with Gasteiger partial charge in [0, 0.05) is 7.05 Å². The Balaban J connectivity index is 2.87. The van der Waals surface area contributed by atoms with Crippen LogP contribution < -0.4 is 11.2 Å². The minimum absolute atomic E-state index is 0.184. The van der Waals surface area contributed by atoms with Gasteiger partial charge in [-0.2, -0.15) is 5.10 Å². The van der Waals surface area contributed by atoms with Crippen LogP contribution in [0.1, 0.15) is 6.92 Å². The third-order valence-corrected chi connectivity index (χ3v) is 2.93. The number of rotatable bonds is 2. The Morgan fingerprint density at radius 3 is 2.71 bits per heavy atom. The van der Waals surface area contributed by atoms with Crippen molar-refractivity contribution < 1.29 is 5.11 Å². The lowest BCUT2D eigenvalue weighted by Gasteiger charge is -2.05. The lowest BCUT2D eigenvalue weighted by Crippen LogP contribution is -2.29. The van der Waals surface area contributed by atoms with E-state index in [1.54, 1.807) is 14.0 Å². The molecule has 0 aromatic carbocycles. The van der Waals surface area contributed by atoms with Gasteiger partial charge in [-0.15, -0.1) is 0 Å². The highest BCUT2D eigenvalue weighted by Crippen LogP contribution is 2.18. The lowest BCUT2D eigenvalue weighted by atomic mass is 10.4. The monoisotopic (exact) mass is 302 g/mol. The van der Waals surface area contributed by atoms with Gasteiger partial charge in [0.25, 0.3) is 5.56 Å². The summed E-state index contributed by atoms with van der Waals surface area (Å²) in [5.74, 6) is 0. The van der Waals surface area contributed by atoms with Gasteiger partial charge in [0.05, 0.1) is 12.6 Å². The van der Waals surface area contributed by atoms with Crippen LogP contribution in [0.15, 0.2) is 14.2 Å². The highest BCUT2D eigenvalue weighted by molar-refractivity contribution is 9.10. The van der Waals surface area contributed by atoms with Gasteiger partial charge >= 0.3 is 5.69 Å². The first-order chi connectivity index (χ1) is 7.91. The Kier molecular flexibility index (Phi) is 2.92. The minimum atomic E-state index is -0.637. The van der Waals surface area contributed by atoms with Gasteiger partial charge in [0.15, 0.2) is 10.1 Å². The molecule has 2 N–H and O–H groups in total. The van der Waals surface area contributed by atoms with Gasteiger partial charge in [0.1, 0.15) is 5.52 Å². The summed E-state index contributed by atoms with van der Waals surface area (Å²) in [5.41, 5.74) is -0.332. The van der Waals surface area contributed by atoms with Gasteiger partial charge < -0.3 is 5.11 Å². The summed E-state index contributed by atoms with van der Waals surface area (Å²) in [6, 6.07) is 0. The summed E-state index contributed by atoms with van der Waals surface area (Å²) < 4.78 is 3.08. The van der Waals surface area contributed by atoms with E-state index in [0.717, 1.165) is 0 Å². The summed E-state index contributed by atoms with van der Waals surface area (Å²) in [5, 5.41) is 13.4. The molecule has 92 valence electrons. The van der Waals surface area contributed by atoms with Gasteiger partial charge in [-0.3, -0.25) is 19.0 Å². The summed E-state index contributed by atoms with van der Waals surface area (Å²) in [6.07, 6.45) is -0.637. The molecular weight excluding hydrogens is 292 g/mol. The molecule has 1 unspecified atom stereocenters. The Morgan fingerprint density at radius 1 is 1.47 bits per heavy atom. The normalized spacial score (nSPS) is 13.2. The van der Waals surface area contributed by atoms with Crippen LogP contribution in [0.2, 0.25) is 0 Å². The zero-order chi connectivity index (χ0) is 12.7. The Hall–Kier alpha value is -1.41. The summed E-state index contributed by atoms with van der Waals surface area (Å²) >= 11 is 3.20. The molecule has 17 heavy (non-hydrogen) atoms. The number of aryl methyl sites for hydroxylation is 1. The zero-order valence-electron chi connectivity index (χ0n) is 9.27. The first kappa shape index (κ1) is 12.1. The van der Waals surface area contributed by atoms with Crippen LogP contribution in [0.3, 0.4) is 0 Å². The van der Waals surface area contributed by atoms with Crippen molar-refractivity contribution in [3.8, 4) is 0 Å². The van der Waals surface area contributed by atoms with Crippen LogP contribution in [0, 0.1) is 0 Å². The highest BCUT2D eigenvalue weighted by atomic mass is 79.9. The average Bonchev–Trinajstić information content (AvgIpc) is 2.51. The number of nitrogens with one attached hydrogen (secondary N) is 1. The average molecular weight is 303 g/mol. The van der Waals surface area contributed by atoms with Crippen LogP contribution in [0.25, 0.3) is 11.0 Å². The number of aliphatic hydroxyl groups is 1. The number of halogens is 1. The number of hydrogen-bond donors (Lipinski definition) is 2. The summed E-state index contributed by atoms with van der Waals surface area (Å²) in [6.45, 7) is 1.78. The van der Waals surface area contributed by atoms with Gasteiger partial charge in [-0.1, -0.05) is 0 Å². The number of fused-ring (bicyclic) bond motifs is 1. The number of aliphatic hydroxyl groups excluding tert-OH is 1. The highest BCUT2D eigenvalue weighted by Gasteiger charge is 2.16. The Labute approximate surface area is 104 Å². The maximum absolute atomic E-state index is 11.7. The molecule has 0 aliphatic carbocycles. The van der Waals surface area contributed by atoms with E-state index in [1.165, 1.54) is 9.25 Å². The first-order valence-corrected chi connectivity index (χ1v) is 5.74. The molecule has 0 aliphatic heterocycles. The van der Waals surface area contributed by atoms with E-state index >= 15 is 0 Å². The molecule has 0 amide bonds. The van der Waals surface area contributed by atoms with Gasteiger partial charge in [0.2, 0.25) is 0 Å². The molecule has 0 bridgehead atoms. The van der Waals surface area contributed by atoms with Crippen molar-refractivity contribution in [2.45, 2.75) is 19.6 Å². The molecule has 0 saturated carbocycles. The third kappa shape index (κ3) is 1.93. The van der Waals surface area contributed by atoms with Crippen molar-refractivity contribution in [1.82, 2.24) is 19.3 Å². The second-order valence-corrected chi connectivity index (χ2v) is 4.59. The van der Waals surface area contributed by atoms with Crippen molar-refractivity contribution in [3.05, 3.63) is 25.4 Å². The number of nitrogens with zero attached hydrogens (tertiary/aromatic N) is 3. The van der Waals surface area contributed by atoms with E-state index < -0.39 is 17.4 Å². The zero-order valence-corrected chi connectivity index (χ0v) is 10.9. The van der Waals surface area contributed by atoms with Crippen molar-refractivity contribution in [1.29, 1.82) is 0 Å². The van der Waals surface area contributed by atoms with Crippen molar-refractivity contribution in [2.24, 2.45) is 7.05 Å². The molecule has 0 spiro atoms. The third-order valence-electron chi connectivity index (χ3n) is 2.40. The van der Waals surface area contributed by atoms with Crippen LogP contribution in [0.5, 0.6) is 0 Å². The Bertz CT molecular complexity index is 682.